The second kappa shape index (κ2) is 7.49. The molecule has 1 saturated carbocycles. The minimum absolute atomic E-state index is 0.587. The molecule has 1 aliphatic carbocycles. The van der Waals surface area contributed by atoms with Crippen LogP contribution in [0.15, 0.2) is 29.3 Å². The van der Waals surface area contributed by atoms with Gasteiger partial charge in [-0.25, -0.2) is 4.98 Å². The number of hydrogen-bond acceptors (Lipinski definition) is 2. The first kappa shape index (κ1) is 15.8. The average molecular weight is 313 g/mol. The summed E-state index contributed by atoms with van der Waals surface area (Å²) in [7, 11) is 0. The smallest absolute Gasteiger partial charge is 0.191 e. The topological polar surface area (TPSA) is 54.2 Å². The predicted octanol–water partition coefficient (Wildman–Crippen LogP) is 2.84. The highest BCUT2D eigenvalue weighted by atomic mass is 15.2. The minimum atomic E-state index is 0.587. The lowest BCUT2D eigenvalue weighted by molar-refractivity contribution is 0.610. The molecule has 124 valence electrons. The molecule has 1 aliphatic rings. The van der Waals surface area contributed by atoms with Crippen molar-refractivity contribution in [1.29, 1.82) is 0 Å². The molecule has 0 radical (unpaired) electrons. The van der Waals surface area contributed by atoms with Crippen LogP contribution < -0.4 is 10.6 Å². The third kappa shape index (κ3) is 3.84. The number of benzene rings is 1. The van der Waals surface area contributed by atoms with Gasteiger partial charge in [0.25, 0.3) is 0 Å². The van der Waals surface area contributed by atoms with E-state index < -0.39 is 0 Å². The molecule has 1 aromatic heterocycles. The summed E-state index contributed by atoms with van der Waals surface area (Å²) in [5.41, 5.74) is 2.25. The Kier molecular flexibility index (Phi) is 5.16. The number of imidazole rings is 1. The molecule has 2 N–H and O–H groups in total. The number of fused-ring (bicyclic) bond motifs is 1. The third-order valence-electron chi connectivity index (χ3n) is 4.48. The number of aromatic nitrogens is 2. The first-order chi connectivity index (χ1) is 11.3. The number of para-hydroxylation sites is 2. The second-order valence-electron chi connectivity index (χ2n) is 6.19. The second-order valence-corrected chi connectivity index (χ2v) is 6.19. The molecule has 23 heavy (non-hydrogen) atoms. The lowest BCUT2D eigenvalue weighted by Gasteiger charge is -2.16. The number of hydrogen-bond donors (Lipinski definition) is 2. The van der Waals surface area contributed by atoms with Gasteiger partial charge in [0.15, 0.2) is 5.96 Å². The predicted molar refractivity (Wildman–Crippen MR) is 95.8 cm³/mol. The van der Waals surface area contributed by atoms with Crippen molar-refractivity contribution in [3.8, 4) is 0 Å². The summed E-state index contributed by atoms with van der Waals surface area (Å²) in [6.45, 7) is 6.67. The Labute approximate surface area is 138 Å². The maximum absolute atomic E-state index is 4.75. The summed E-state index contributed by atoms with van der Waals surface area (Å²) < 4.78 is 2.25. The highest BCUT2D eigenvalue weighted by molar-refractivity contribution is 5.80. The van der Waals surface area contributed by atoms with E-state index in [2.05, 4.69) is 52.2 Å². The number of guanidine groups is 1. The average Bonchev–Trinajstić information content (AvgIpc) is 3.15. The van der Waals surface area contributed by atoms with Crippen LogP contribution in [0.4, 0.5) is 0 Å². The van der Waals surface area contributed by atoms with Gasteiger partial charge in [-0.2, -0.15) is 0 Å². The van der Waals surface area contributed by atoms with Gasteiger partial charge in [0, 0.05) is 19.1 Å². The monoisotopic (exact) mass is 313 g/mol. The van der Waals surface area contributed by atoms with Gasteiger partial charge in [-0.1, -0.05) is 25.0 Å². The molecule has 1 aromatic carbocycles. The van der Waals surface area contributed by atoms with Gasteiger partial charge in [0.05, 0.1) is 17.6 Å². The molecule has 1 fully saturated rings. The Morgan fingerprint density at radius 3 is 2.87 bits per heavy atom. The van der Waals surface area contributed by atoms with Crippen molar-refractivity contribution < 1.29 is 0 Å². The van der Waals surface area contributed by atoms with Crippen LogP contribution in [-0.2, 0) is 6.54 Å². The summed E-state index contributed by atoms with van der Waals surface area (Å²) in [5, 5.41) is 6.92. The molecular formula is C18H27N5. The Hall–Kier alpha value is -2.04. The van der Waals surface area contributed by atoms with Crippen molar-refractivity contribution in [2.24, 2.45) is 4.99 Å². The summed E-state index contributed by atoms with van der Waals surface area (Å²) in [5.74, 6) is 2.00. The van der Waals surface area contributed by atoms with Gasteiger partial charge in [0.2, 0.25) is 0 Å². The normalized spacial score (nSPS) is 16.2. The van der Waals surface area contributed by atoms with Crippen molar-refractivity contribution in [2.75, 3.05) is 13.1 Å². The molecule has 2 aromatic rings. The fourth-order valence-electron chi connectivity index (χ4n) is 3.32. The Balaban J connectivity index is 1.65. The molecular weight excluding hydrogens is 286 g/mol. The van der Waals surface area contributed by atoms with Crippen LogP contribution in [0.2, 0.25) is 0 Å². The maximum atomic E-state index is 4.75. The van der Waals surface area contributed by atoms with Gasteiger partial charge in [-0.3, -0.25) is 4.99 Å². The zero-order chi connectivity index (χ0) is 16.1. The molecule has 0 atom stereocenters. The maximum Gasteiger partial charge on any atom is 0.191 e. The highest BCUT2D eigenvalue weighted by Crippen LogP contribution is 2.17. The lowest BCUT2D eigenvalue weighted by atomic mass is 10.2. The lowest BCUT2D eigenvalue weighted by Crippen LogP contribution is -2.42. The van der Waals surface area contributed by atoms with Gasteiger partial charge in [0.1, 0.15) is 5.82 Å². The van der Waals surface area contributed by atoms with E-state index in [1.807, 2.05) is 6.07 Å². The molecule has 0 amide bonds. The fraction of sp³-hybridized carbons (Fsp3) is 0.556. The molecule has 5 nitrogen and oxygen atoms in total. The zero-order valence-electron chi connectivity index (χ0n) is 14.2. The van der Waals surface area contributed by atoms with Crippen LogP contribution in [-0.4, -0.2) is 34.6 Å². The van der Waals surface area contributed by atoms with E-state index in [-0.39, 0.29) is 0 Å². The number of aliphatic imine (C=N–C) groups is 1. The standard InChI is InChI=1S/C18H27N5/c1-3-19-18(22-15-8-4-5-9-15)20-12-13-23-14(2)21-16-10-6-7-11-17(16)23/h6-7,10-11,15H,3-5,8-9,12-13H2,1-2H3,(H2,19,20,22). The van der Waals surface area contributed by atoms with Gasteiger partial charge < -0.3 is 15.2 Å². The van der Waals surface area contributed by atoms with Crippen LogP contribution in [0.25, 0.3) is 11.0 Å². The summed E-state index contributed by atoms with van der Waals surface area (Å²) >= 11 is 0. The van der Waals surface area contributed by atoms with E-state index >= 15 is 0 Å². The Bertz CT molecular complexity index is 667. The Morgan fingerprint density at radius 1 is 1.30 bits per heavy atom. The van der Waals surface area contributed by atoms with Crippen LogP contribution in [0.3, 0.4) is 0 Å². The van der Waals surface area contributed by atoms with Crippen molar-refractivity contribution in [3.63, 3.8) is 0 Å². The summed E-state index contributed by atoms with van der Waals surface area (Å²) in [6, 6.07) is 8.87. The largest absolute Gasteiger partial charge is 0.357 e. The zero-order valence-corrected chi connectivity index (χ0v) is 14.2. The van der Waals surface area contributed by atoms with Crippen LogP contribution in [0, 0.1) is 6.92 Å². The van der Waals surface area contributed by atoms with E-state index in [9.17, 15) is 0 Å². The molecule has 0 bridgehead atoms. The minimum Gasteiger partial charge on any atom is -0.357 e. The third-order valence-corrected chi connectivity index (χ3v) is 4.48. The first-order valence-electron chi connectivity index (χ1n) is 8.74. The van der Waals surface area contributed by atoms with Gasteiger partial charge >= 0.3 is 0 Å². The number of aryl methyl sites for hydroxylation is 1. The number of nitrogens with one attached hydrogen (secondary N) is 2. The number of rotatable bonds is 5. The first-order valence-corrected chi connectivity index (χ1v) is 8.74. The van der Waals surface area contributed by atoms with Crippen molar-refractivity contribution in [3.05, 3.63) is 30.1 Å². The molecule has 1 heterocycles. The highest BCUT2D eigenvalue weighted by Gasteiger charge is 2.15. The summed E-state index contributed by atoms with van der Waals surface area (Å²) in [4.78, 5) is 9.36. The van der Waals surface area contributed by atoms with Gasteiger partial charge in [-0.15, -0.1) is 0 Å². The van der Waals surface area contributed by atoms with E-state index in [0.717, 1.165) is 36.9 Å². The molecule has 0 unspecified atom stereocenters. The van der Waals surface area contributed by atoms with Crippen molar-refractivity contribution >= 4 is 17.0 Å². The fourth-order valence-corrected chi connectivity index (χ4v) is 3.32. The molecule has 0 saturated heterocycles. The van der Waals surface area contributed by atoms with Crippen LogP contribution in [0.1, 0.15) is 38.4 Å². The molecule has 5 heteroatoms. The van der Waals surface area contributed by atoms with Crippen LogP contribution >= 0.6 is 0 Å². The quantitative estimate of drug-likeness (QED) is 0.659. The SMILES string of the molecule is CCNC(=NCCn1c(C)nc2ccccc21)NC1CCCC1. The molecule has 3 rings (SSSR count). The molecule has 0 spiro atoms. The van der Waals surface area contributed by atoms with E-state index in [4.69, 9.17) is 4.99 Å². The van der Waals surface area contributed by atoms with Crippen molar-refractivity contribution in [1.82, 2.24) is 20.2 Å². The number of nitrogens with zero attached hydrogens (tertiary/aromatic N) is 3. The van der Waals surface area contributed by atoms with E-state index in [0.29, 0.717) is 6.04 Å². The Morgan fingerprint density at radius 2 is 2.09 bits per heavy atom. The van der Waals surface area contributed by atoms with Gasteiger partial charge in [-0.05, 0) is 38.8 Å². The molecule has 0 aliphatic heterocycles. The summed E-state index contributed by atoms with van der Waals surface area (Å²) in [6.07, 6.45) is 5.18. The van der Waals surface area contributed by atoms with Crippen molar-refractivity contribution in [2.45, 2.75) is 52.1 Å². The van der Waals surface area contributed by atoms with E-state index in [1.54, 1.807) is 0 Å². The van der Waals surface area contributed by atoms with E-state index in [1.165, 1.54) is 31.2 Å². The van der Waals surface area contributed by atoms with Crippen LogP contribution in [0.5, 0.6) is 0 Å².